The standard InChI is InChI=1S/C17H19N3O5S/c1-2-9-19(16(22)11-3-4-11)14-10-15(21)20(17(14)23)12-5-7-13(8-6-12)26(18,24)25/h2,5-8,11,14H,1,3-4,9-10H2,(H2,18,24,25). The fourth-order valence-corrected chi connectivity index (χ4v) is 3.51. The summed E-state index contributed by atoms with van der Waals surface area (Å²) < 4.78 is 22.7. The maximum atomic E-state index is 12.8. The molecule has 9 heteroatoms. The van der Waals surface area contributed by atoms with Crippen molar-refractivity contribution in [1.29, 1.82) is 0 Å². The molecule has 2 aliphatic rings. The Bertz CT molecular complexity index is 874. The van der Waals surface area contributed by atoms with Gasteiger partial charge in [-0.15, -0.1) is 6.58 Å². The van der Waals surface area contributed by atoms with Crippen LogP contribution in [0.2, 0.25) is 0 Å². The van der Waals surface area contributed by atoms with Gasteiger partial charge in [0.15, 0.2) is 0 Å². The second kappa shape index (κ2) is 6.65. The van der Waals surface area contributed by atoms with Crippen LogP contribution in [0.3, 0.4) is 0 Å². The molecule has 1 atom stereocenters. The van der Waals surface area contributed by atoms with E-state index in [0.717, 1.165) is 17.7 Å². The fraction of sp³-hybridized carbons (Fsp3) is 0.353. The van der Waals surface area contributed by atoms with Crippen LogP contribution in [0.4, 0.5) is 5.69 Å². The molecule has 1 saturated carbocycles. The molecule has 0 aromatic heterocycles. The number of hydrogen-bond donors (Lipinski definition) is 1. The summed E-state index contributed by atoms with van der Waals surface area (Å²) in [6, 6.07) is 4.29. The number of amides is 3. The Hall–Kier alpha value is -2.52. The van der Waals surface area contributed by atoms with Gasteiger partial charge in [-0.05, 0) is 37.1 Å². The van der Waals surface area contributed by atoms with Gasteiger partial charge in [0.1, 0.15) is 6.04 Å². The van der Waals surface area contributed by atoms with Crippen LogP contribution in [0.5, 0.6) is 0 Å². The van der Waals surface area contributed by atoms with Crippen molar-refractivity contribution in [2.45, 2.75) is 30.2 Å². The van der Waals surface area contributed by atoms with Crippen LogP contribution in [-0.2, 0) is 24.4 Å². The average molecular weight is 377 g/mol. The van der Waals surface area contributed by atoms with Crippen molar-refractivity contribution in [3.05, 3.63) is 36.9 Å². The molecule has 0 radical (unpaired) electrons. The molecule has 1 aliphatic carbocycles. The molecule has 1 heterocycles. The van der Waals surface area contributed by atoms with E-state index in [2.05, 4.69) is 6.58 Å². The van der Waals surface area contributed by atoms with E-state index in [1.807, 2.05) is 0 Å². The number of anilines is 1. The third-order valence-corrected chi connectivity index (χ3v) is 5.39. The highest BCUT2D eigenvalue weighted by Crippen LogP contribution is 2.34. The smallest absolute Gasteiger partial charge is 0.257 e. The Labute approximate surface area is 151 Å². The van der Waals surface area contributed by atoms with Gasteiger partial charge in [-0.25, -0.2) is 18.5 Å². The molecule has 2 N–H and O–H groups in total. The Kier molecular flexibility index (Phi) is 4.68. The number of rotatable bonds is 6. The molecule has 0 bridgehead atoms. The summed E-state index contributed by atoms with van der Waals surface area (Å²) in [6.45, 7) is 3.81. The zero-order chi connectivity index (χ0) is 19.1. The molecule has 8 nitrogen and oxygen atoms in total. The molecule has 2 fully saturated rings. The molecule has 1 aliphatic heterocycles. The van der Waals surface area contributed by atoms with Crippen LogP contribution in [-0.4, -0.2) is 43.6 Å². The molecule has 1 aromatic carbocycles. The molecular weight excluding hydrogens is 358 g/mol. The van der Waals surface area contributed by atoms with E-state index < -0.39 is 27.9 Å². The number of carbonyl (C=O) groups is 3. The maximum absolute atomic E-state index is 12.8. The van der Waals surface area contributed by atoms with E-state index in [4.69, 9.17) is 5.14 Å². The van der Waals surface area contributed by atoms with E-state index in [9.17, 15) is 22.8 Å². The minimum Gasteiger partial charge on any atom is -0.326 e. The van der Waals surface area contributed by atoms with Gasteiger partial charge < -0.3 is 4.90 Å². The summed E-state index contributed by atoms with van der Waals surface area (Å²) >= 11 is 0. The van der Waals surface area contributed by atoms with E-state index in [1.54, 1.807) is 0 Å². The van der Waals surface area contributed by atoms with Crippen LogP contribution in [0.15, 0.2) is 41.8 Å². The highest BCUT2D eigenvalue weighted by molar-refractivity contribution is 7.89. The summed E-state index contributed by atoms with van der Waals surface area (Å²) in [5.74, 6) is -1.17. The fourth-order valence-electron chi connectivity index (χ4n) is 2.99. The SMILES string of the molecule is C=CCN(C(=O)C1CC1)C1CC(=O)N(c2ccc(S(N)(=O)=O)cc2)C1=O. The second-order valence-corrected chi connectivity index (χ2v) is 7.94. The molecule has 3 amide bonds. The van der Waals surface area contributed by atoms with Gasteiger partial charge in [0.25, 0.3) is 5.91 Å². The Morgan fingerprint density at radius 3 is 2.38 bits per heavy atom. The van der Waals surface area contributed by atoms with Gasteiger partial charge in [-0.3, -0.25) is 14.4 Å². The van der Waals surface area contributed by atoms with Crippen molar-refractivity contribution in [2.24, 2.45) is 11.1 Å². The molecule has 1 saturated heterocycles. The molecule has 3 rings (SSSR count). The van der Waals surface area contributed by atoms with Gasteiger partial charge in [0, 0.05) is 12.5 Å². The van der Waals surface area contributed by atoms with Crippen LogP contribution in [0.25, 0.3) is 0 Å². The summed E-state index contributed by atoms with van der Waals surface area (Å²) in [7, 11) is -3.87. The highest BCUT2D eigenvalue weighted by atomic mass is 32.2. The lowest BCUT2D eigenvalue weighted by Crippen LogP contribution is -2.46. The number of nitrogens with zero attached hydrogens (tertiary/aromatic N) is 2. The van der Waals surface area contributed by atoms with Gasteiger partial charge in [0.2, 0.25) is 21.8 Å². The van der Waals surface area contributed by atoms with Gasteiger partial charge in [-0.2, -0.15) is 0 Å². The largest absolute Gasteiger partial charge is 0.326 e. The van der Waals surface area contributed by atoms with Crippen LogP contribution < -0.4 is 10.0 Å². The third kappa shape index (κ3) is 3.40. The van der Waals surface area contributed by atoms with Gasteiger partial charge in [0.05, 0.1) is 17.0 Å². The van der Waals surface area contributed by atoms with Crippen molar-refractivity contribution in [3.63, 3.8) is 0 Å². The Morgan fingerprint density at radius 1 is 1.27 bits per heavy atom. The first-order valence-electron chi connectivity index (χ1n) is 8.15. The first-order valence-corrected chi connectivity index (χ1v) is 9.69. The van der Waals surface area contributed by atoms with Crippen LogP contribution in [0, 0.1) is 5.92 Å². The van der Waals surface area contributed by atoms with Crippen molar-refractivity contribution in [2.75, 3.05) is 11.4 Å². The zero-order valence-corrected chi connectivity index (χ0v) is 14.8. The highest BCUT2D eigenvalue weighted by Gasteiger charge is 2.46. The topological polar surface area (TPSA) is 118 Å². The van der Waals surface area contributed by atoms with E-state index in [0.29, 0.717) is 0 Å². The van der Waals surface area contributed by atoms with E-state index >= 15 is 0 Å². The van der Waals surface area contributed by atoms with Gasteiger partial charge >= 0.3 is 0 Å². The lowest BCUT2D eigenvalue weighted by Gasteiger charge is -2.26. The minimum absolute atomic E-state index is 0.0825. The quantitative estimate of drug-likeness (QED) is 0.568. The number of primary sulfonamides is 1. The molecule has 0 spiro atoms. The molecule has 26 heavy (non-hydrogen) atoms. The van der Waals surface area contributed by atoms with Crippen LogP contribution >= 0.6 is 0 Å². The summed E-state index contributed by atoms with van der Waals surface area (Å²) in [6.07, 6.45) is 3.00. The Morgan fingerprint density at radius 2 is 1.88 bits per heavy atom. The summed E-state index contributed by atoms with van der Waals surface area (Å²) in [4.78, 5) is 39.9. The molecule has 1 unspecified atom stereocenters. The predicted molar refractivity (Wildman–Crippen MR) is 93.3 cm³/mol. The number of carbonyl (C=O) groups excluding carboxylic acids is 3. The third-order valence-electron chi connectivity index (χ3n) is 4.46. The average Bonchev–Trinajstić information content (AvgIpc) is 3.38. The first-order chi connectivity index (χ1) is 12.2. The second-order valence-electron chi connectivity index (χ2n) is 6.38. The zero-order valence-electron chi connectivity index (χ0n) is 14.0. The Balaban J connectivity index is 1.86. The maximum Gasteiger partial charge on any atom is 0.257 e. The van der Waals surface area contributed by atoms with E-state index in [-0.39, 0.29) is 35.4 Å². The normalized spacial score (nSPS) is 20.3. The summed E-state index contributed by atoms with van der Waals surface area (Å²) in [5.41, 5.74) is 0.243. The molecular formula is C17H19N3O5S. The van der Waals surface area contributed by atoms with Crippen molar-refractivity contribution >= 4 is 33.4 Å². The number of hydrogen-bond acceptors (Lipinski definition) is 5. The van der Waals surface area contributed by atoms with Crippen molar-refractivity contribution in [3.8, 4) is 0 Å². The first kappa shape index (κ1) is 18.3. The summed E-state index contributed by atoms with van der Waals surface area (Å²) in [5, 5.41) is 5.05. The molecule has 1 aromatic rings. The van der Waals surface area contributed by atoms with Crippen molar-refractivity contribution in [1.82, 2.24) is 4.90 Å². The lowest BCUT2D eigenvalue weighted by atomic mass is 10.2. The number of imide groups is 1. The van der Waals surface area contributed by atoms with E-state index in [1.165, 1.54) is 35.2 Å². The van der Waals surface area contributed by atoms with Gasteiger partial charge in [-0.1, -0.05) is 6.08 Å². The number of sulfonamides is 1. The van der Waals surface area contributed by atoms with Crippen molar-refractivity contribution < 1.29 is 22.8 Å². The lowest BCUT2D eigenvalue weighted by molar-refractivity contribution is -0.138. The number of nitrogens with two attached hydrogens (primary N) is 1. The minimum atomic E-state index is -3.87. The predicted octanol–water partition coefficient (Wildman–Crippen LogP) is 0.391. The number of benzene rings is 1. The monoisotopic (exact) mass is 377 g/mol. The molecule has 138 valence electrons. The van der Waals surface area contributed by atoms with Crippen LogP contribution in [0.1, 0.15) is 19.3 Å².